The van der Waals surface area contributed by atoms with E-state index in [1.807, 2.05) is 0 Å². The molecule has 1 aromatic carbocycles. The van der Waals surface area contributed by atoms with Gasteiger partial charge in [-0.1, -0.05) is 28.1 Å². The number of ketones is 1. The van der Waals surface area contributed by atoms with E-state index < -0.39 is 10.3 Å². The highest BCUT2D eigenvalue weighted by molar-refractivity contribution is 9.09. The van der Waals surface area contributed by atoms with Crippen molar-refractivity contribution in [3.63, 3.8) is 0 Å². The maximum Gasteiger partial charge on any atom is 0.446 e. The van der Waals surface area contributed by atoms with Crippen molar-refractivity contribution in [3.8, 4) is 0 Å². The average molecular weight is 359 g/mol. The number of alkyl halides is 4. The zero-order valence-corrected chi connectivity index (χ0v) is 12.8. The largest absolute Gasteiger partial charge is 0.446 e. The minimum atomic E-state index is -4.37. The molecule has 1 atom stereocenters. The van der Waals surface area contributed by atoms with Crippen molar-refractivity contribution < 1.29 is 18.0 Å². The number of thioether (sulfide) groups is 2. The molecule has 0 aromatic heterocycles. The number of halogens is 4. The highest BCUT2D eigenvalue weighted by atomic mass is 79.9. The van der Waals surface area contributed by atoms with E-state index in [0.717, 1.165) is 0 Å². The molecule has 18 heavy (non-hydrogen) atoms. The van der Waals surface area contributed by atoms with Gasteiger partial charge in [-0.25, -0.2) is 0 Å². The fraction of sp³-hybridized carbons (Fsp3) is 0.364. The molecule has 1 unspecified atom stereocenters. The van der Waals surface area contributed by atoms with Gasteiger partial charge >= 0.3 is 5.51 Å². The summed E-state index contributed by atoms with van der Waals surface area (Å²) in [4.78, 5) is 11.2. The maximum absolute atomic E-state index is 12.6. The third-order valence-corrected chi connectivity index (χ3v) is 5.02. The Hall–Kier alpha value is -0.140. The van der Waals surface area contributed by atoms with Gasteiger partial charge in [-0.2, -0.15) is 13.2 Å². The van der Waals surface area contributed by atoms with Crippen molar-refractivity contribution in [1.29, 1.82) is 0 Å². The number of hydrogen-bond donors (Lipinski definition) is 0. The third kappa shape index (κ3) is 4.20. The van der Waals surface area contributed by atoms with Crippen molar-refractivity contribution in [2.24, 2.45) is 0 Å². The van der Waals surface area contributed by atoms with Crippen molar-refractivity contribution in [2.75, 3.05) is 6.26 Å². The van der Waals surface area contributed by atoms with Crippen LogP contribution in [0.25, 0.3) is 0 Å². The molecular formula is C11H10BrF3OS2. The minimum Gasteiger partial charge on any atom is -0.298 e. The van der Waals surface area contributed by atoms with E-state index >= 15 is 0 Å². The van der Waals surface area contributed by atoms with E-state index in [2.05, 4.69) is 15.9 Å². The molecule has 100 valence electrons. The monoisotopic (exact) mass is 358 g/mol. The summed E-state index contributed by atoms with van der Waals surface area (Å²) in [6, 6.07) is 4.80. The molecule has 0 N–H and O–H groups in total. The standard InChI is InChI=1S/C11H10BrF3OS2/c1-6(16)9(12)7-4-3-5-8(17-2)10(7)18-11(13,14)15/h3-5,9H,1-2H3. The molecule has 7 heteroatoms. The normalized spacial score (nSPS) is 13.4. The Morgan fingerprint density at radius 3 is 2.44 bits per heavy atom. The second-order valence-corrected chi connectivity index (χ2v) is 6.24. The summed E-state index contributed by atoms with van der Waals surface area (Å²) in [7, 11) is 0. The number of benzene rings is 1. The van der Waals surface area contributed by atoms with Crippen molar-refractivity contribution in [1.82, 2.24) is 0 Å². The molecule has 0 saturated carbocycles. The Bertz CT molecular complexity index is 448. The Morgan fingerprint density at radius 2 is 2.00 bits per heavy atom. The lowest BCUT2D eigenvalue weighted by atomic mass is 10.1. The van der Waals surface area contributed by atoms with E-state index in [9.17, 15) is 18.0 Å². The second-order valence-electron chi connectivity index (χ2n) is 3.40. The number of carbonyl (C=O) groups excluding carboxylic acids is 1. The van der Waals surface area contributed by atoms with Gasteiger partial charge in [0.1, 0.15) is 5.78 Å². The molecule has 1 aromatic rings. The Kier molecular flexibility index (Phi) is 5.61. The Morgan fingerprint density at radius 1 is 1.39 bits per heavy atom. The second kappa shape index (κ2) is 6.34. The van der Waals surface area contributed by atoms with Crippen LogP contribution >= 0.6 is 39.5 Å². The molecule has 0 spiro atoms. The average Bonchev–Trinajstić information content (AvgIpc) is 2.26. The molecule has 0 aliphatic heterocycles. The van der Waals surface area contributed by atoms with Crippen LogP contribution in [0.15, 0.2) is 28.0 Å². The first-order valence-electron chi connectivity index (χ1n) is 4.83. The zero-order chi connectivity index (χ0) is 13.9. The fourth-order valence-electron chi connectivity index (χ4n) is 1.34. The number of rotatable bonds is 4. The van der Waals surface area contributed by atoms with Crippen LogP contribution in [-0.2, 0) is 4.79 Å². The molecular weight excluding hydrogens is 349 g/mol. The first kappa shape index (κ1) is 15.9. The van der Waals surface area contributed by atoms with E-state index in [1.54, 1.807) is 18.4 Å². The molecule has 0 aliphatic rings. The van der Waals surface area contributed by atoms with Crippen LogP contribution in [0.2, 0.25) is 0 Å². The lowest BCUT2D eigenvalue weighted by Gasteiger charge is -2.16. The van der Waals surface area contributed by atoms with Crippen LogP contribution in [-0.4, -0.2) is 17.5 Å². The van der Waals surface area contributed by atoms with Gasteiger partial charge in [0.15, 0.2) is 0 Å². The smallest absolute Gasteiger partial charge is 0.298 e. The van der Waals surface area contributed by atoms with E-state index in [-0.39, 0.29) is 22.4 Å². The van der Waals surface area contributed by atoms with Gasteiger partial charge in [-0.3, -0.25) is 4.79 Å². The number of Topliss-reactive ketones (excluding diaryl/α,β-unsaturated/α-hetero) is 1. The van der Waals surface area contributed by atoms with Crippen LogP contribution in [0.3, 0.4) is 0 Å². The third-order valence-electron chi connectivity index (χ3n) is 2.08. The van der Waals surface area contributed by atoms with Crippen LogP contribution in [0.4, 0.5) is 13.2 Å². The molecule has 0 fully saturated rings. The van der Waals surface area contributed by atoms with Crippen LogP contribution < -0.4 is 0 Å². The topological polar surface area (TPSA) is 17.1 Å². The van der Waals surface area contributed by atoms with Gasteiger partial charge in [0.25, 0.3) is 0 Å². The summed E-state index contributed by atoms with van der Waals surface area (Å²) in [6.07, 6.45) is 1.70. The van der Waals surface area contributed by atoms with Gasteiger partial charge in [0.2, 0.25) is 0 Å². The maximum atomic E-state index is 12.6. The first-order chi connectivity index (χ1) is 8.26. The van der Waals surface area contributed by atoms with E-state index in [1.165, 1.54) is 24.8 Å². The van der Waals surface area contributed by atoms with Gasteiger partial charge in [-0.05, 0) is 36.6 Å². The summed E-state index contributed by atoms with van der Waals surface area (Å²) in [5, 5.41) is 0. The summed E-state index contributed by atoms with van der Waals surface area (Å²) >= 11 is 4.18. The summed E-state index contributed by atoms with van der Waals surface area (Å²) in [5.41, 5.74) is -4.01. The van der Waals surface area contributed by atoms with E-state index in [4.69, 9.17) is 0 Å². The molecule has 0 heterocycles. The predicted octanol–water partition coefficient (Wildman–Crippen LogP) is 5.05. The van der Waals surface area contributed by atoms with Crippen LogP contribution in [0.1, 0.15) is 17.3 Å². The van der Waals surface area contributed by atoms with Gasteiger partial charge < -0.3 is 0 Å². The highest BCUT2D eigenvalue weighted by Gasteiger charge is 2.33. The first-order valence-corrected chi connectivity index (χ1v) is 7.79. The van der Waals surface area contributed by atoms with Gasteiger partial charge in [-0.15, -0.1) is 11.8 Å². The predicted molar refractivity (Wildman–Crippen MR) is 72.5 cm³/mol. The SMILES string of the molecule is CSc1cccc(C(Br)C(C)=O)c1SC(F)(F)F. The molecule has 0 amide bonds. The molecule has 0 bridgehead atoms. The Labute approximate surface area is 120 Å². The summed E-state index contributed by atoms with van der Waals surface area (Å²) in [6.45, 7) is 1.34. The Balaban J connectivity index is 3.29. The lowest BCUT2D eigenvalue weighted by Crippen LogP contribution is -2.07. The van der Waals surface area contributed by atoms with Gasteiger partial charge in [0, 0.05) is 9.79 Å². The molecule has 1 nitrogen and oxygen atoms in total. The van der Waals surface area contributed by atoms with Crippen molar-refractivity contribution >= 4 is 45.2 Å². The van der Waals surface area contributed by atoms with Crippen LogP contribution in [0, 0.1) is 0 Å². The lowest BCUT2D eigenvalue weighted by molar-refractivity contribution is -0.116. The number of carbonyl (C=O) groups is 1. The summed E-state index contributed by atoms with van der Waals surface area (Å²) in [5.74, 6) is -0.225. The molecule has 0 aliphatic carbocycles. The molecule has 0 radical (unpaired) electrons. The summed E-state index contributed by atoms with van der Waals surface area (Å²) < 4.78 is 37.7. The van der Waals surface area contributed by atoms with Crippen molar-refractivity contribution in [3.05, 3.63) is 23.8 Å². The number of hydrogen-bond acceptors (Lipinski definition) is 3. The van der Waals surface area contributed by atoms with E-state index in [0.29, 0.717) is 10.5 Å². The van der Waals surface area contributed by atoms with Gasteiger partial charge in [0.05, 0.1) is 4.83 Å². The quantitative estimate of drug-likeness (QED) is 0.554. The highest BCUT2D eigenvalue weighted by Crippen LogP contribution is 2.45. The minimum absolute atomic E-state index is 0.0922. The molecule has 1 rings (SSSR count). The fourth-order valence-corrected chi connectivity index (χ4v) is 3.47. The van der Waals surface area contributed by atoms with Crippen LogP contribution in [0.5, 0.6) is 0 Å². The zero-order valence-electron chi connectivity index (χ0n) is 9.55. The van der Waals surface area contributed by atoms with Crippen molar-refractivity contribution in [2.45, 2.75) is 27.1 Å². The molecule has 0 saturated heterocycles.